The van der Waals surface area contributed by atoms with Gasteiger partial charge in [0.2, 0.25) is 0 Å². The van der Waals surface area contributed by atoms with Gasteiger partial charge in [-0.25, -0.2) is 0 Å². The first-order valence-electron chi connectivity index (χ1n) is 32.7. The molecule has 0 rings (SSSR count). The number of hydrogen-bond acceptors (Lipinski definition) is 8. The third kappa shape index (κ3) is 61.9. The second-order valence-electron chi connectivity index (χ2n) is 23.0. The molecule has 0 aromatic heterocycles. The van der Waals surface area contributed by atoms with Crippen LogP contribution in [-0.4, -0.2) is 82.3 Å². The van der Waals surface area contributed by atoms with Crippen molar-refractivity contribution in [1.82, 2.24) is 0 Å². The molecule has 9 heteroatoms. The van der Waals surface area contributed by atoms with Gasteiger partial charge in [0.1, 0.15) is 13.2 Å². The zero-order valence-corrected chi connectivity index (χ0v) is 52.0. The second kappa shape index (κ2) is 60.6. The Morgan fingerprint density at radius 2 is 0.734 bits per heavy atom. The summed E-state index contributed by atoms with van der Waals surface area (Å²) in [6.45, 7) is 4.57. The Morgan fingerprint density at radius 1 is 0.392 bits per heavy atom. The van der Waals surface area contributed by atoms with Gasteiger partial charge in [-0.05, 0) is 83.5 Å². The summed E-state index contributed by atoms with van der Waals surface area (Å²) in [5.74, 6) is -2.36. The monoisotopic (exact) mass is 1110 g/mol. The van der Waals surface area contributed by atoms with Crippen LogP contribution in [-0.2, 0) is 33.3 Å². The summed E-state index contributed by atoms with van der Waals surface area (Å²) in [4.78, 5) is 37.3. The van der Waals surface area contributed by atoms with Gasteiger partial charge < -0.3 is 33.3 Å². The van der Waals surface area contributed by atoms with Crippen LogP contribution in [0.1, 0.15) is 284 Å². The minimum absolute atomic E-state index is 0.135. The fraction of sp³-hybridized carbons (Fsp3) is 0.757. The Morgan fingerprint density at radius 3 is 1.11 bits per heavy atom. The second-order valence-corrected chi connectivity index (χ2v) is 23.0. The third-order valence-corrected chi connectivity index (χ3v) is 14.1. The van der Waals surface area contributed by atoms with E-state index in [2.05, 4.69) is 98.9 Å². The van der Waals surface area contributed by atoms with Crippen LogP contribution in [0.2, 0.25) is 0 Å². The summed E-state index contributed by atoms with van der Waals surface area (Å²) in [6.07, 6.45) is 78.3. The molecule has 2 unspecified atom stereocenters. The Balaban J connectivity index is 4.03. The maximum atomic E-state index is 12.8. The van der Waals surface area contributed by atoms with Gasteiger partial charge in [-0.2, -0.15) is 0 Å². The number of carbonyl (C=O) groups excluding carboxylic acids is 3. The number of carboxylic acids is 1. The number of unbranched alkanes of at least 4 members (excludes halogenated alkanes) is 31. The third-order valence-electron chi connectivity index (χ3n) is 14.1. The molecule has 0 spiro atoms. The Kier molecular flexibility index (Phi) is 57.9. The lowest BCUT2D eigenvalue weighted by Crippen LogP contribution is -2.44. The minimum Gasteiger partial charge on any atom is -0.545 e. The highest BCUT2D eigenvalue weighted by Crippen LogP contribution is 2.17. The SMILES string of the molecule is CC/C=C\C/C=C\C/C=C\C/C=C\C/C=C\CCCC(=O)OC(COC(=O)CCCCCCCCCCCCCCCCCCCCCCCCCCC/C=C\C/C=C\CCCCCCC)COC(OCC[N+](C)(C)C)C(=O)[O-]. The molecule has 9 nitrogen and oxygen atoms in total. The standard InChI is InChI=1S/C70H123NO8/c1-6-8-10-12-14-16-18-20-22-24-25-26-27-28-29-30-31-32-33-34-35-36-37-38-39-40-41-42-43-45-46-48-50-52-54-56-58-60-67(72)77-64-66(65-78-70(69(74)75)76-63-62-71(3,4)5)79-68(73)61-59-57-55-53-51-49-47-44-23-21-19-17-15-13-11-9-7-2/h9,11,15,17-18,20-21,23-25,47,49,53,55,66,70H,6-8,10,12-14,16,19,22,26-46,48,50-52,54,56-65H2,1-5H3/b11-9-,17-15-,20-18-,23-21-,25-24-,49-47-,55-53-. The number of carbonyl (C=O) groups is 3. The number of carboxylic acid groups (broad SMARTS) is 1. The predicted octanol–water partition coefficient (Wildman–Crippen LogP) is 18.6. The number of hydrogen-bond donors (Lipinski definition) is 0. The number of aliphatic carboxylic acids is 1. The van der Waals surface area contributed by atoms with E-state index in [1.165, 1.54) is 186 Å². The van der Waals surface area contributed by atoms with Gasteiger partial charge in [-0.15, -0.1) is 0 Å². The molecule has 2 atom stereocenters. The van der Waals surface area contributed by atoms with Crippen molar-refractivity contribution in [2.24, 2.45) is 0 Å². The molecule has 0 saturated heterocycles. The maximum Gasteiger partial charge on any atom is 0.306 e. The van der Waals surface area contributed by atoms with Crippen molar-refractivity contribution in [3.63, 3.8) is 0 Å². The van der Waals surface area contributed by atoms with Gasteiger partial charge in [0.05, 0.1) is 40.3 Å². The fourth-order valence-electron chi connectivity index (χ4n) is 9.13. The fourth-order valence-corrected chi connectivity index (χ4v) is 9.13. The van der Waals surface area contributed by atoms with E-state index in [0.29, 0.717) is 23.9 Å². The summed E-state index contributed by atoms with van der Waals surface area (Å²) in [7, 11) is 5.90. The van der Waals surface area contributed by atoms with Crippen LogP contribution < -0.4 is 5.11 Å². The molecular formula is C70H123NO8. The number of esters is 2. The molecule has 79 heavy (non-hydrogen) atoms. The molecule has 0 heterocycles. The van der Waals surface area contributed by atoms with Crippen molar-refractivity contribution in [1.29, 1.82) is 0 Å². The Bertz CT molecular complexity index is 1570. The van der Waals surface area contributed by atoms with Crippen molar-refractivity contribution < 1.29 is 42.9 Å². The van der Waals surface area contributed by atoms with Crippen LogP contribution in [0, 0.1) is 0 Å². The van der Waals surface area contributed by atoms with E-state index in [1.807, 2.05) is 21.1 Å². The highest BCUT2D eigenvalue weighted by molar-refractivity contribution is 5.70. The number of quaternary nitrogens is 1. The summed E-state index contributed by atoms with van der Waals surface area (Å²) < 4.78 is 22.6. The molecule has 456 valence electrons. The van der Waals surface area contributed by atoms with Crippen LogP contribution in [0.25, 0.3) is 0 Å². The number of ether oxygens (including phenoxy) is 4. The molecule has 0 aliphatic rings. The summed E-state index contributed by atoms with van der Waals surface area (Å²) in [5.41, 5.74) is 0. The lowest BCUT2D eigenvalue weighted by atomic mass is 10.0. The van der Waals surface area contributed by atoms with Crippen LogP contribution in [0.3, 0.4) is 0 Å². The molecule has 0 N–H and O–H groups in total. The topological polar surface area (TPSA) is 111 Å². The van der Waals surface area contributed by atoms with E-state index in [9.17, 15) is 19.5 Å². The first-order chi connectivity index (χ1) is 38.6. The summed E-state index contributed by atoms with van der Waals surface area (Å²) >= 11 is 0. The molecule has 0 saturated carbocycles. The minimum atomic E-state index is -1.64. The zero-order valence-electron chi connectivity index (χ0n) is 52.0. The van der Waals surface area contributed by atoms with Crippen LogP contribution in [0.5, 0.6) is 0 Å². The lowest BCUT2D eigenvalue weighted by Gasteiger charge is -2.26. The molecule has 0 amide bonds. The first-order valence-corrected chi connectivity index (χ1v) is 32.7. The summed E-state index contributed by atoms with van der Waals surface area (Å²) in [6, 6.07) is 0. The molecular weight excluding hydrogens is 983 g/mol. The van der Waals surface area contributed by atoms with Crippen molar-refractivity contribution in [2.75, 3.05) is 47.5 Å². The van der Waals surface area contributed by atoms with E-state index < -0.39 is 24.3 Å². The predicted molar refractivity (Wildman–Crippen MR) is 334 cm³/mol. The Hall–Kier alpha value is -3.53. The molecule has 0 radical (unpaired) electrons. The highest BCUT2D eigenvalue weighted by atomic mass is 16.7. The van der Waals surface area contributed by atoms with Crippen LogP contribution in [0.4, 0.5) is 0 Å². The number of nitrogens with zero attached hydrogens (tertiary/aromatic N) is 1. The molecule has 0 aliphatic carbocycles. The normalized spacial score (nSPS) is 13.3. The summed E-state index contributed by atoms with van der Waals surface area (Å²) in [5, 5.41) is 11.8. The smallest absolute Gasteiger partial charge is 0.306 e. The van der Waals surface area contributed by atoms with Crippen molar-refractivity contribution in [3.8, 4) is 0 Å². The van der Waals surface area contributed by atoms with Crippen LogP contribution >= 0.6 is 0 Å². The number of likely N-dealkylation sites (N-methyl/N-ethyl adjacent to an activating group) is 1. The van der Waals surface area contributed by atoms with Crippen LogP contribution in [0.15, 0.2) is 85.1 Å². The van der Waals surface area contributed by atoms with Gasteiger partial charge in [0, 0.05) is 12.8 Å². The molecule has 0 aromatic carbocycles. The van der Waals surface area contributed by atoms with E-state index in [4.69, 9.17) is 18.9 Å². The number of allylic oxidation sites excluding steroid dienone is 14. The zero-order chi connectivity index (χ0) is 57.6. The molecule has 0 aromatic rings. The molecule has 0 fully saturated rings. The van der Waals surface area contributed by atoms with E-state index in [-0.39, 0.29) is 38.6 Å². The molecule has 0 aliphatic heterocycles. The van der Waals surface area contributed by atoms with E-state index >= 15 is 0 Å². The van der Waals surface area contributed by atoms with E-state index in [0.717, 1.165) is 57.8 Å². The average molecular weight is 1110 g/mol. The quantitative estimate of drug-likeness (QED) is 0.0195. The van der Waals surface area contributed by atoms with E-state index in [1.54, 1.807) is 0 Å². The average Bonchev–Trinajstić information content (AvgIpc) is 3.42. The van der Waals surface area contributed by atoms with Gasteiger partial charge in [-0.1, -0.05) is 272 Å². The number of rotatable bonds is 60. The molecule has 0 bridgehead atoms. The van der Waals surface area contributed by atoms with Crippen molar-refractivity contribution in [2.45, 2.75) is 296 Å². The van der Waals surface area contributed by atoms with Gasteiger partial charge in [0.15, 0.2) is 12.4 Å². The highest BCUT2D eigenvalue weighted by Gasteiger charge is 2.22. The van der Waals surface area contributed by atoms with Crippen molar-refractivity contribution in [3.05, 3.63) is 85.1 Å². The first kappa shape index (κ1) is 75.5. The van der Waals surface area contributed by atoms with Gasteiger partial charge in [0.25, 0.3) is 0 Å². The van der Waals surface area contributed by atoms with Gasteiger partial charge >= 0.3 is 11.9 Å². The van der Waals surface area contributed by atoms with Gasteiger partial charge in [-0.3, -0.25) is 9.59 Å². The Labute approximate surface area is 487 Å². The lowest BCUT2D eigenvalue weighted by molar-refractivity contribution is -0.870. The van der Waals surface area contributed by atoms with Crippen molar-refractivity contribution >= 4 is 17.9 Å². The maximum absolute atomic E-state index is 12.8. The largest absolute Gasteiger partial charge is 0.545 e.